The van der Waals surface area contributed by atoms with Crippen molar-refractivity contribution < 1.29 is 18.0 Å². The topological polar surface area (TPSA) is 125 Å². The summed E-state index contributed by atoms with van der Waals surface area (Å²) in [5, 5.41) is 3.10. The van der Waals surface area contributed by atoms with E-state index in [4.69, 9.17) is 10.7 Å². The Hall–Kier alpha value is -2.46. The van der Waals surface area contributed by atoms with Crippen LogP contribution in [0.25, 0.3) is 0 Å². The number of hydrogen-bond donors (Lipinski definition) is 2. The third kappa shape index (κ3) is 5.02. The second-order valence-electron chi connectivity index (χ2n) is 11.6. The van der Waals surface area contributed by atoms with Crippen molar-refractivity contribution in [1.29, 1.82) is 0 Å². The van der Waals surface area contributed by atoms with Crippen molar-refractivity contribution in [3.8, 4) is 0 Å². The minimum atomic E-state index is -3.49. The maximum atomic E-state index is 13.2. The van der Waals surface area contributed by atoms with Gasteiger partial charge in [0.2, 0.25) is 10.0 Å². The molecule has 0 aromatic heterocycles. The number of fused-ring (bicyclic) bond motifs is 2. The molecule has 1 aromatic rings. The number of nitrogens with one attached hydrogen (secondary N) is 1. The van der Waals surface area contributed by atoms with Crippen LogP contribution in [0.2, 0.25) is 0 Å². The normalized spacial score (nSPS) is 27.3. The Morgan fingerprint density at radius 3 is 2.30 bits per heavy atom. The lowest BCUT2D eigenvalue weighted by Crippen LogP contribution is -2.51. The Labute approximate surface area is 219 Å². The summed E-state index contributed by atoms with van der Waals surface area (Å²) in [4.78, 5) is 30.8. The van der Waals surface area contributed by atoms with E-state index >= 15 is 0 Å². The van der Waals surface area contributed by atoms with Gasteiger partial charge in [-0.3, -0.25) is 14.7 Å². The number of nitrogens with zero attached hydrogens (tertiary/aromatic N) is 3. The van der Waals surface area contributed by atoms with Crippen molar-refractivity contribution in [3.63, 3.8) is 0 Å². The molecular weight excluding hydrogens is 490 g/mol. The van der Waals surface area contributed by atoms with Gasteiger partial charge in [0.15, 0.2) is 0 Å². The molecule has 1 spiro atoms. The van der Waals surface area contributed by atoms with Crippen LogP contribution < -0.4 is 16.0 Å². The molecule has 2 unspecified atom stereocenters. The van der Waals surface area contributed by atoms with Crippen LogP contribution >= 0.6 is 0 Å². The number of carbonyl (C=O) groups excluding carboxylic acids is 2. The van der Waals surface area contributed by atoms with Crippen molar-refractivity contribution in [2.75, 3.05) is 30.8 Å². The lowest BCUT2D eigenvalue weighted by atomic mass is 9.80. The van der Waals surface area contributed by atoms with Gasteiger partial charge in [-0.05, 0) is 93.0 Å². The Kier molecular flexibility index (Phi) is 6.85. The van der Waals surface area contributed by atoms with E-state index in [1.54, 1.807) is 7.05 Å². The van der Waals surface area contributed by atoms with E-state index in [9.17, 15) is 18.0 Å². The van der Waals surface area contributed by atoms with Crippen LogP contribution in [0.15, 0.2) is 17.1 Å². The molecule has 4 aliphatic rings. The van der Waals surface area contributed by atoms with Crippen LogP contribution in [-0.2, 0) is 21.2 Å². The lowest BCUT2D eigenvalue weighted by Gasteiger charge is -2.35. The average Bonchev–Trinajstić information content (AvgIpc) is 3.35. The van der Waals surface area contributed by atoms with Gasteiger partial charge in [0.05, 0.1) is 5.75 Å². The third-order valence-electron chi connectivity index (χ3n) is 9.22. The van der Waals surface area contributed by atoms with Crippen LogP contribution in [0.3, 0.4) is 0 Å². The fourth-order valence-electron chi connectivity index (χ4n) is 6.99. The van der Waals surface area contributed by atoms with E-state index in [-0.39, 0.29) is 11.7 Å². The van der Waals surface area contributed by atoms with Gasteiger partial charge >= 0.3 is 6.03 Å². The number of nitrogens with two attached hydrogens (primary N) is 1. The predicted molar refractivity (Wildman–Crippen MR) is 144 cm³/mol. The molecular formula is C27H39N5O4S. The summed E-state index contributed by atoms with van der Waals surface area (Å²) < 4.78 is 28.0. The molecule has 3 N–H and O–H groups in total. The number of benzene rings is 1. The van der Waals surface area contributed by atoms with Gasteiger partial charge in [-0.25, -0.2) is 17.5 Å². The van der Waals surface area contributed by atoms with Crippen molar-refractivity contribution in [3.05, 3.63) is 28.8 Å². The van der Waals surface area contributed by atoms with Gasteiger partial charge in [0, 0.05) is 31.7 Å². The van der Waals surface area contributed by atoms with Crippen molar-refractivity contribution in [1.82, 2.24) is 9.62 Å². The highest BCUT2D eigenvalue weighted by Crippen LogP contribution is 2.46. The zero-order valence-electron chi connectivity index (χ0n) is 22.1. The molecule has 5 rings (SSSR count). The molecule has 3 atom stereocenters. The molecule has 37 heavy (non-hydrogen) atoms. The number of amidine groups is 1. The number of hydrogen-bond acceptors (Lipinski definition) is 5. The van der Waals surface area contributed by atoms with Crippen LogP contribution in [0.1, 0.15) is 61.6 Å². The minimum absolute atomic E-state index is 0.00174. The van der Waals surface area contributed by atoms with Gasteiger partial charge in [-0.1, -0.05) is 12.8 Å². The van der Waals surface area contributed by atoms with Crippen molar-refractivity contribution in [2.24, 2.45) is 28.5 Å². The summed E-state index contributed by atoms with van der Waals surface area (Å²) >= 11 is 0. The first-order chi connectivity index (χ1) is 17.5. The highest BCUT2D eigenvalue weighted by atomic mass is 32.2. The first-order valence-corrected chi connectivity index (χ1v) is 15.1. The number of carbonyl (C=O) groups is 2. The Bertz CT molecular complexity index is 1200. The van der Waals surface area contributed by atoms with Gasteiger partial charge in [0.25, 0.3) is 5.91 Å². The smallest absolute Gasteiger partial charge is 0.318 e. The first kappa shape index (κ1) is 26.2. The number of sulfonamides is 1. The van der Waals surface area contributed by atoms with Gasteiger partial charge in [0.1, 0.15) is 11.4 Å². The highest BCUT2D eigenvalue weighted by Gasteiger charge is 2.49. The molecule has 202 valence electrons. The Morgan fingerprint density at radius 1 is 1.14 bits per heavy atom. The standard InChI is InChI=1S/C27H39N5O4S/c1-17-12-22(31(3)26(28)34)13-18(2)23(17)6-11-37(35,36)32-9-7-27(8-10-32)25(33)29-24(30-27)21-15-19-4-5-20(14-19)16-21/h12-13,19-21H,4-11,14-16H2,1-3H3,(H2,28,34)(H,29,30,33)/t19-,20?,21?/m1/s1. The molecule has 0 radical (unpaired) electrons. The SMILES string of the molecule is Cc1cc(N(C)C(N)=O)cc(C)c1CCS(=O)(=O)N1CCC2(CC1)N=C(C1CC3CC[C@H](C3)C1)NC2=O. The highest BCUT2D eigenvalue weighted by molar-refractivity contribution is 7.89. The zero-order chi connectivity index (χ0) is 26.5. The molecule has 3 fully saturated rings. The molecule has 2 heterocycles. The van der Waals surface area contributed by atoms with E-state index in [2.05, 4.69) is 5.32 Å². The zero-order valence-corrected chi connectivity index (χ0v) is 22.9. The number of anilines is 1. The summed E-state index contributed by atoms with van der Waals surface area (Å²) in [6.45, 7) is 4.46. The number of piperidine rings is 1. The number of rotatable bonds is 6. The van der Waals surface area contributed by atoms with E-state index in [1.807, 2.05) is 26.0 Å². The Morgan fingerprint density at radius 2 is 1.73 bits per heavy atom. The second-order valence-corrected chi connectivity index (χ2v) is 13.7. The maximum Gasteiger partial charge on any atom is 0.318 e. The molecule has 10 heteroatoms. The number of primary amides is 1. The maximum absolute atomic E-state index is 13.2. The molecule has 2 bridgehead atoms. The monoisotopic (exact) mass is 529 g/mol. The number of amides is 3. The van der Waals surface area contributed by atoms with Gasteiger partial charge < -0.3 is 11.1 Å². The predicted octanol–water partition coefficient (Wildman–Crippen LogP) is 2.88. The summed E-state index contributed by atoms with van der Waals surface area (Å²) in [6.07, 6.45) is 7.39. The average molecular weight is 530 g/mol. The molecule has 3 amide bonds. The van der Waals surface area contributed by atoms with Crippen molar-refractivity contribution >= 4 is 33.5 Å². The molecule has 9 nitrogen and oxygen atoms in total. The van der Waals surface area contributed by atoms with E-state index in [1.165, 1.54) is 28.5 Å². The summed E-state index contributed by atoms with van der Waals surface area (Å²) in [5.74, 6) is 2.67. The summed E-state index contributed by atoms with van der Waals surface area (Å²) in [6, 6.07) is 3.17. The molecule has 2 aliphatic carbocycles. The minimum Gasteiger partial charge on any atom is -0.351 e. The van der Waals surface area contributed by atoms with Gasteiger partial charge in [-0.2, -0.15) is 0 Å². The fourth-order valence-corrected chi connectivity index (χ4v) is 8.44. The summed E-state index contributed by atoms with van der Waals surface area (Å²) in [7, 11) is -1.88. The van der Waals surface area contributed by atoms with E-state index in [0.717, 1.165) is 47.2 Å². The van der Waals surface area contributed by atoms with Crippen LogP contribution in [0.5, 0.6) is 0 Å². The largest absolute Gasteiger partial charge is 0.351 e. The van der Waals surface area contributed by atoms with E-state index in [0.29, 0.717) is 44.0 Å². The van der Waals surface area contributed by atoms with Gasteiger partial charge in [-0.15, -0.1) is 0 Å². The molecule has 2 saturated carbocycles. The molecule has 1 aromatic carbocycles. The van der Waals surface area contributed by atoms with Crippen LogP contribution in [0.4, 0.5) is 10.5 Å². The third-order valence-corrected chi connectivity index (χ3v) is 11.1. The van der Waals surface area contributed by atoms with Crippen molar-refractivity contribution in [2.45, 2.75) is 70.8 Å². The van der Waals surface area contributed by atoms with Crippen LogP contribution in [-0.4, -0.2) is 61.9 Å². The fraction of sp³-hybridized carbons (Fsp3) is 0.667. The second kappa shape index (κ2) is 9.69. The lowest BCUT2D eigenvalue weighted by molar-refractivity contribution is -0.125. The van der Waals surface area contributed by atoms with E-state index < -0.39 is 21.6 Å². The van der Waals surface area contributed by atoms with Crippen LogP contribution in [0, 0.1) is 31.6 Å². The first-order valence-electron chi connectivity index (χ1n) is 13.5. The number of urea groups is 1. The quantitative estimate of drug-likeness (QED) is 0.588. The Balaban J connectivity index is 1.22. The summed E-state index contributed by atoms with van der Waals surface area (Å²) in [5.41, 5.74) is 8.08. The molecule has 2 aliphatic heterocycles. The number of aryl methyl sites for hydroxylation is 2. The molecule has 1 saturated heterocycles. The number of aliphatic imine (C=N–C) groups is 1.